The first-order valence-corrected chi connectivity index (χ1v) is 16.2. The number of halogens is 3. The normalized spacial score (nSPS) is 14.8. The van der Waals surface area contributed by atoms with E-state index in [0.29, 0.717) is 26.2 Å². The molecule has 1 atom stereocenters. The molecule has 2 amide bonds. The molecule has 0 saturated carbocycles. The van der Waals surface area contributed by atoms with Crippen molar-refractivity contribution >= 4 is 29.2 Å². The molecule has 0 unspecified atom stereocenters. The third kappa shape index (κ3) is 7.89. The SMILES string of the molecule is CCOC(=O)c1cc(F)c(NC(=O)Cc2cc(F)c(-c3cccc(OCc4ccc5c(c4)CN(C(C)=O)C5)n3)cc2F)c(NC[C@@H]2CCO2)c1. The Morgan fingerprint density at radius 3 is 2.52 bits per heavy atom. The molecular weight excluding hydrogens is 653 g/mol. The number of ether oxygens (including phenoxy) is 3. The number of carbonyl (C=O) groups excluding carboxylic acids is 3. The van der Waals surface area contributed by atoms with Crippen molar-refractivity contribution in [3.63, 3.8) is 0 Å². The molecule has 2 aliphatic heterocycles. The van der Waals surface area contributed by atoms with Gasteiger partial charge in [-0.25, -0.2) is 22.9 Å². The zero-order valence-corrected chi connectivity index (χ0v) is 27.5. The van der Waals surface area contributed by atoms with Gasteiger partial charge >= 0.3 is 5.97 Å². The lowest BCUT2D eigenvalue weighted by Gasteiger charge is -2.27. The van der Waals surface area contributed by atoms with Crippen LogP contribution in [0.1, 0.15) is 52.9 Å². The van der Waals surface area contributed by atoms with Crippen LogP contribution in [-0.4, -0.2) is 53.5 Å². The molecule has 13 heteroatoms. The van der Waals surface area contributed by atoms with Gasteiger partial charge in [-0.3, -0.25) is 9.59 Å². The molecule has 50 heavy (non-hydrogen) atoms. The summed E-state index contributed by atoms with van der Waals surface area (Å²) in [5.74, 6) is -3.93. The maximum atomic E-state index is 15.4. The van der Waals surface area contributed by atoms with Gasteiger partial charge in [0.2, 0.25) is 17.7 Å². The van der Waals surface area contributed by atoms with Crippen LogP contribution < -0.4 is 15.4 Å². The Morgan fingerprint density at radius 1 is 0.980 bits per heavy atom. The van der Waals surface area contributed by atoms with E-state index in [-0.39, 0.29) is 64.9 Å². The quantitative estimate of drug-likeness (QED) is 0.170. The number of rotatable bonds is 12. The van der Waals surface area contributed by atoms with Crippen LogP contribution in [0.5, 0.6) is 5.88 Å². The topological polar surface area (TPSA) is 119 Å². The Morgan fingerprint density at radius 2 is 1.78 bits per heavy atom. The zero-order chi connectivity index (χ0) is 35.4. The third-order valence-corrected chi connectivity index (χ3v) is 8.49. The first kappa shape index (κ1) is 34.4. The van der Waals surface area contributed by atoms with E-state index in [0.717, 1.165) is 41.3 Å². The minimum absolute atomic E-state index is 0.00620. The molecule has 3 aromatic carbocycles. The zero-order valence-electron chi connectivity index (χ0n) is 27.5. The van der Waals surface area contributed by atoms with E-state index >= 15 is 13.2 Å². The standard InChI is InChI=1S/C37H35F3N4O6/c1-3-48-37(47)25-13-31(40)36(33(14-25)41-17-27-9-10-49-27)43-34(46)15-24-12-30(39)28(16-29(24)38)32-5-4-6-35(42-32)50-20-22-7-8-23-18-44(21(2)45)19-26(23)11-22/h4-8,11-14,16,27,41H,3,9-10,15,17-20H2,1-2H3,(H,43,46)/t27-/m0/s1. The summed E-state index contributed by atoms with van der Waals surface area (Å²) in [4.78, 5) is 43.1. The number of anilines is 2. The molecular formula is C37H35F3N4O6. The predicted octanol–water partition coefficient (Wildman–Crippen LogP) is 6.17. The Balaban J connectivity index is 1.13. The van der Waals surface area contributed by atoms with Crippen LogP contribution in [0.3, 0.4) is 0 Å². The first-order valence-electron chi connectivity index (χ1n) is 16.2. The molecule has 2 N–H and O–H groups in total. The number of amides is 2. The minimum Gasteiger partial charge on any atom is -0.473 e. The number of hydrogen-bond donors (Lipinski definition) is 2. The highest BCUT2D eigenvalue weighted by Crippen LogP contribution is 2.31. The Hall–Kier alpha value is -5.43. The summed E-state index contributed by atoms with van der Waals surface area (Å²) in [5, 5.41) is 5.42. The fourth-order valence-electron chi connectivity index (χ4n) is 5.71. The molecule has 1 aromatic heterocycles. The molecule has 4 aromatic rings. The largest absolute Gasteiger partial charge is 0.473 e. The average Bonchev–Trinajstić information content (AvgIpc) is 3.50. The van der Waals surface area contributed by atoms with E-state index in [2.05, 4.69) is 15.6 Å². The summed E-state index contributed by atoms with van der Waals surface area (Å²) in [6, 6.07) is 14.7. The van der Waals surface area contributed by atoms with Crippen LogP contribution in [0.15, 0.2) is 60.7 Å². The summed E-state index contributed by atoms with van der Waals surface area (Å²) in [6.45, 7) is 5.42. The summed E-state index contributed by atoms with van der Waals surface area (Å²) >= 11 is 0. The lowest BCUT2D eigenvalue weighted by Crippen LogP contribution is -2.33. The molecule has 260 valence electrons. The van der Waals surface area contributed by atoms with Crippen molar-refractivity contribution in [3.05, 3.63) is 106 Å². The highest BCUT2D eigenvalue weighted by atomic mass is 19.1. The molecule has 10 nitrogen and oxygen atoms in total. The van der Waals surface area contributed by atoms with Crippen LogP contribution >= 0.6 is 0 Å². The Labute approximate surface area is 286 Å². The summed E-state index contributed by atoms with van der Waals surface area (Å²) in [7, 11) is 0. The van der Waals surface area contributed by atoms with Gasteiger partial charge in [-0.2, -0.15) is 0 Å². The van der Waals surface area contributed by atoms with Crippen molar-refractivity contribution in [2.45, 2.75) is 52.5 Å². The van der Waals surface area contributed by atoms with E-state index in [1.54, 1.807) is 24.0 Å². The van der Waals surface area contributed by atoms with E-state index < -0.39 is 35.7 Å². The number of nitrogens with one attached hydrogen (secondary N) is 2. The molecule has 3 heterocycles. The van der Waals surface area contributed by atoms with E-state index in [1.165, 1.54) is 19.1 Å². The highest BCUT2D eigenvalue weighted by Gasteiger charge is 2.24. The average molecular weight is 689 g/mol. The van der Waals surface area contributed by atoms with Crippen LogP contribution in [-0.2, 0) is 45.2 Å². The second-order valence-electron chi connectivity index (χ2n) is 12.0. The van der Waals surface area contributed by atoms with Gasteiger partial charge in [-0.1, -0.05) is 24.3 Å². The van der Waals surface area contributed by atoms with Crippen molar-refractivity contribution in [1.29, 1.82) is 0 Å². The van der Waals surface area contributed by atoms with Gasteiger partial charge in [0.1, 0.15) is 29.7 Å². The summed E-state index contributed by atoms with van der Waals surface area (Å²) < 4.78 is 62.2. The smallest absolute Gasteiger partial charge is 0.338 e. The molecule has 0 bridgehead atoms. The Kier molecular flexibility index (Phi) is 10.3. The van der Waals surface area contributed by atoms with Gasteiger partial charge in [-0.05, 0) is 60.4 Å². The van der Waals surface area contributed by atoms with Crippen molar-refractivity contribution < 1.29 is 41.8 Å². The number of aromatic nitrogens is 1. The number of nitrogens with zero attached hydrogens (tertiary/aromatic N) is 2. The third-order valence-electron chi connectivity index (χ3n) is 8.49. The number of pyridine rings is 1. The number of benzene rings is 3. The molecule has 1 saturated heterocycles. The minimum atomic E-state index is -0.910. The van der Waals surface area contributed by atoms with Crippen LogP contribution in [0.2, 0.25) is 0 Å². The van der Waals surface area contributed by atoms with Crippen LogP contribution in [0.25, 0.3) is 11.3 Å². The number of carbonyl (C=O) groups is 3. The van der Waals surface area contributed by atoms with Gasteiger partial charge in [0.25, 0.3) is 0 Å². The van der Waals surface area contributed by atoms with Crippen molar-refractivity contribution in [1.82, 2.24) is 9.88 Å². The van der Waals surface area contributed by atoms with Gasteiger partial charge < -0.3 is 29.7 Å². The number of esters is 1. The van der Waals surface area contributed by atoms with Crippen molar-refractivity contribution in [2.24, 2.45) is 0 Å². The van der Waals surface area contributed by atoms with Crippen molar-refractivity contribution in [2.75, 3.05) is 30.4 Å². The second kappa shape index (κ2) is 15.0. The van der Waals surface area contributed by atoms with Gasteiger partial charge in [0.05, 0.1) is 36.1 Å². The maximum absolute atomic E-state index is 15.4. The second-order valence-corrected chi connectivity index (χ2v) is 12.0. The fraction of sp³-hybridized carbons (Fsp3) is 0.297. The van der Waals surface area contributed by atoms with E-state index in [4.69, 9.17) is 14.2 Å². The Bertz CT molecular complexity index is 1950. The summed E-state index contributed by atoms with van der Waals surface area (Å²) in [6.07, 6.45) is 0.0751. The highest BCUT2D eigenvalue weighted by molar-refractivity contribution is 5.98. The lowest BCUT2D eigenvalue weighted by molar-refractivity contribution is -0.129. The van der Waals surface area contributed by atoms with Crippen LogP contribution in [0.4, 0.5) is 24.5 Å². The number of fused-ring (bicyclic) bond motifs is 1. The monoisotopic (exact) mass is 688 g/mol. The van der Waals surface area contributed by atoms with Crippen LogP contribution in [0, 0.1) is 17.5 Å². The van der Waals surface area contributed by atoms with E-state index in [1.807, 2.05) is 18.2 Å². The molecule has 0 aliphatic carbocycles. The van der Waals surface area contributed by atoms with Gasteiger partial charge in [0.15, 0.2) is 0 Å². The maximum Gasteiger partial charge on any atom is 0.338 e. The molecule has 0 spiro atoms. The number of hydrogen-bond acceptors (Lipinski definition) is 8. The van der Waals surface area contributed by atoms with Gasteiger partial charge in [-0.15, -0.1) is 0 Å². The lowest BCUT2D eigenvalue weighted by atomic mass is 10.0. The molecule has 0 radical (unpaired) electrons. The fourth-order valence-corrected chi connectivity index (χ4v) is 5.71. The van der Waals surface area contributed by atoms with E-state index in [9.17, 15) is 14.4 Å². The summed E-state index contributed by atoms with van der Waals surface area (Å²) in [5.41, 5.74) is 2.53. The predicted molar refractivity (Wildman–Crippen MR) is 178 cm³/mol. The van der Waals surface area contributed by atoms with Crippen molar-refractivity contribution in [3.8, 4) is 17.1 Å². The molecule has 1 fully saturated rings. The molecule has 6 rings (SSSR count). The van der Waals surface area contributed by atoms with Gasteiger partial charge in [0, 0.05) is 50.4 Å². The first-order chi connectivity index (χ1) is 24.1. The molecule has 2 aliphatic rings.